The molecule has 0 saturated carbocycles. The van der Waals surface area contributed by atoms with E-state index in [-0.39, 0.29) is 4.90 Å². The zero-order valence-electron chi connectivity index (χ0n) is 15.2. The van der Waals surface area contributed by atoms with Gasteiger partial charge in [0, 0.05) is 24.8 Å². The lowest BCUT2D eigenvalue weighted by atomic mass is 10.3. The quantitative estimate of drug-likeness (QED) is 0.501. The predicted molar refractivity (Wildman–Crippen MR) is 108 cm³/mol. The molecule has 28 heavy (non-hydrogen) atoms. The van der Waals surface area contributed by atoms with E-state index < -0.39 is 23.1 Å². The second kappa shape index (κ2) is 11.3. The summed E-state index contributed by atoms with van der Waals surface area (Å²) >= 11 is 1.58. The van der Waals surface area contributed by atoms with Gasteiger partial charge in [-0.2, -0.15) is 0 Å². The van der Waals surface area contributed by atoms with E-state index in [2.05, 4.69) is 32.2 Å². The lowest BCUT2D eigenvalue weighted by molar-refractivity contribution is -0.274. The van der Waals surface area contributed by atoms with Gasteiger partial charge in [-0.25, -0.2) is 8.93 Å². The van der Waals surface area contributed by atoms with Crippen LogP contribution in [-0.2, 0) is 11.0 Å². The molecule has 1 aliphatic rings. The van der Waals surface area contributed by atoms with Crippen LogP contribution in [0.1, 0.15) is 19.8 Å². The van der Waals surface area contributed by atoms with Crippen molar-refractivity contribution >= 4 is 28.8 Å². The van der Waals surface area contributed by atoms with Gasteiger partial charge in [0.15, 0.2) is 0 Å². The highest BCUT2D eigenvalue weighted by Crippen LogP contribution is 2.24. The Morgan fingerprint density at radius 2 is 2.21 bits per heavy atom. The van der Waals surface area contributed by atoms with Gasteiger partial charge >= 0.3 is 6.36 Å². The van der Waals surface area contributed by atoms with Crippen molar-refractivity contribution in [2.75, 3.05) is 13.1 Å². The second-order valence-corrected chi connectivity index (χ2v) is 8.29. The van der Waals surface area contributed by atoms with Gasteiger partial charge < -0.3 is 9.46 Å². The lowest BCUT2D eigenvalue weighted by Gasteiger charge is -2.11. The fourth-order valence-corrected chi connectivity index (χ4v) is 3.71. The van der Waals surface area contributed by atoms with Gasteiger partial charge in [-0.05, 0) is 43.5 Å². The molecular weight excluding hydrogens is 411 g/mol. The molecule has 0 aromatic heterocycles. The van der Waals surface area contributed by atoms with Gasteiger partial charge in [-0.3, -0.25) is 4.99 Å². The van der Waals surface area contributed by atoms with E-state index in [0.29, 0.717) is 31.2 Å². The molecule has 2 N–H and O–H groups in total. The maximum Gasteiger partial charge on any atom is 0.573 e. The molecule has 10 heteroatoms. The molecule has 0 spiro atoms. The molecule has 0 bridgehead atoms. The molecule has 0 aliphatic carbocycles. The third-order valence-corrected chi connectivity index (χ3v) is 5.46. The Balaban J connectivity index is 1.77. The van der Waals surface area contributed by atoms with Crippen molar-refractivity contribution < 1.29 is 22.1 Å². The summed E-state index contributed by atoms with van der Waals surface area (Å²) in [5.41, 5.74) is 0. The number of ether oxygens (including phenoxy) is 1. The first-order valence-corrected chi connectivity index (χ1v) is 10.7. The van der Waals surface area contributed by atoms with Crippen molar-refractivity contribution in [2.45, 2.75) is 36.3 Å². The highest BCUT2D eigenvalue weighted by molar-refractivity contribution is 7.98. The Hall–Kier alpha value is -1.78. The number of allylic oxidation sites excluding steroid dienone is 2. The average Bonchev–Trinajstić information content (AvgIpc) is 2.72. The minimum atomic E-state index is -4.78. The summed E-state index contributed by atoms with van der Waals surface area (Å²) in [7, 11) is -1.63. The number of rotatable bonds is 7. The van der Waals surface area contributed by atoms with E-state index in [0.717, 1.165) is 18.0 Å². The topological polar surface area (TPSA) is 62.7 Å². The first kappa shape index (κ1) is 22.5. The lowest BCUT2D eigenvalue weighted by Crippen LogP contribution is -2.21. The number of benzene rings is 1. The summed E-state index contributed by atoms with van der Waals surface area (Å²) in [5, 5.41) is 0.328. The molecule has 154 valence electrons. The van der Waals surface area contributed by atoms with Crippen molar-refractivity contribution in [2.24, 2.45) is 4.99 Å². The van der Waals surface area contributed by atoms with E-state index >= 15 is 0 Å². The van der Waals surface area contributed by atoms with Gasteiger partial charge in [0.1, 0.15) is 22.6 Å². The predicted octanol–water partition coefficient (Wildman–Crippen LogP) is 4.13. The van der Waals surface area contributed by atoms with Crippen LogP contribution in [-0.4, -0.2) is 34.7 Å². The minimum Gasteiger partial charge on any atom is -0.406 e. The second-order valence-electron chi connectivity index (χ2n) is 5.81. The molecule has 2 unspecified atom stereocenters. The van der Waals surface area contributed by atoms with E-state index in [4.69, 9.17) is 0 Å². The zero-order valence-corrected chi connectivity index (χ0v) is 16.9. The fourth-order valence-electron chi connectivity index (χ4n) is 2.15. The molecule has 2 atom stereocenters. The summed E-state index contributed by atoms with van der Waals surface area (Å²) in [6, 6.07) is 5.12. The molecule has 1 aromatic carbocycles. The Bertz CT molecular complexity index is 752. The Kier molecular flexibility index (Phi) is 9.07. The van der Waals surface area contributed by atoms with E-state index in [1.54, 1.807) is 11.9 Å². The zero-order chi connectivity index (χ0) is 20.4. The van der Waals surface area contributed by atoms with Crippen molar-refractivity contribution in [1.82, 2.24) is 9.44 Å². The number of halogens is 3. The monoisotopic (exact) mass is 433 g/mol. The summed E-state index contributed by atoms with van der Waals surface area (Å²) in [6.45, 7) is 3.04. The molecule has 1 heterocycles. The highest BCUT2D eigenvalue weighted by atomic mass is 32.2. The van der Waals surface area contributed by atoms with Crippen LogP contribution >= 0.6 is 11.9 Å². The van der Waals surface area contributed by atoms with E-state index in [9.17, 15) is 17.4 Å². The SMILES string of the molecule is CC1/C=C\C=C/CC(=NCCCNS(=O)c2cccc(OC(F)(F)F)c2)NS1. The maximum absolute atomic E-state index is 12.3. The van der Waals surface area contributed by atoms with Crippen LogP contribution in [0.25, 0.3) is 0 Å². The Labute approximate surface area is 169 Å². The van der Waals surface area contributed by atoms with Gasteiger partial charge in [-0.15, -0.1) is 13.2 Å². The van der Waals surface area contributed by atoms with Gasteiger partial charge in [0.05, 0.1) is 4.90 Å². The number of amidine groups is 1. The molecule has 1 aromatic rings. The summed E-state index contributed by atoms with van der Waals surface area (Å²) in [4.78, 5) is 4.72. The molecule has 0 radical (unpaired) electrons. The average molecular weight is 434 g/mol. The number of aliphatic imine (C=N–C) groups is 1. The number of nitrogens with one attached hydrogen (secondary N) is 2. The van der Waals surface area contributed by atoms with Gasteiger partial charge in [0.2, 0.25) is 0 Å². The van der Waals surface area contributed by atoms with Crippen LogP contribution in [0.4, 0.5) is 13.2 Å². The van der Waals surface area contributed by atoms with Gasteiger partial charge in [-0.1, -0.05) is 30.4 Å². The fraction of sp³-hybridized carbons (Fsp3) is 0.389. The summed E-state index contributed by atoms with van der Waals surface area (Å²) in [6.07, 6.45) is 4.66. The molecule has 0 fully saturated rings. The molecule has 2 rings (SSSR count). The van der Waals surface area contributed by atoms with Crippen LogP contribution in [0.2, 0.25) is 0 Å². The molecule has 1 aliphatic heterocycles. The summed E-state index contributed by atoms with van der Waals surface area (Å²) < 4.78 is 58.8. The molecule has 5 nitrogen and oxygen atoms in total. The first-order valence-electron chi connectivity index (χ1n) is 8.63. The standard InChI is InChI=1S/C18H22F3N3O2S2/c1-14-7-3-2-4-10-17(24-27-14)22-11-6-12-23-28(25)16-9-5-8-15(13-16)26-18(19,20)21/h2-5,7-9,13-14,23H,6,10-12H2,1H3,(H,22,24)/b4-2-,7-3-. The summed E-state index contributed by atoms with van der Waals surface area (Å²) in [5.74, 6) is 0.474. The maximum atomic E-state index is 12.3. The number of hydrogen-bond acceptors (Lipinski definition) is 4. The van der Waals surface area contributed by atoms with Crippen LogP contribution in [0.5, 0.6) is 5.75 Å². The molecular formula is C18H22F3N3O2S2. The van der Waals surface area contributed by atoms with Crippen molar-refractivity contribution in [3.05, 3.63) is 48.6 Å². The highest BCUT2D eigenvalue weighted by Gasteiger charge is 2.31. The smallest absolute Gasteiger partial charge is 0.406 e. The number of alkyl halides is 3. The number of hydrogen-bond donors (Lipinski definition) is 2. The normalized spacial score (nSPS) is 22.4. The van der Waals surface area contributed by atoms with E-state index in [1.165, 1.54) is 12.1 Å². The van der Waals surface area contributed by atoms with Crippen LogP contribution in [0, 0.1) is 0 Å². The third-order valence-electron chi connectivity index (χ3n) is 3.43. The van der Waals surface area contributed by atoms with Crippen molar-refractivity contribution in [3.8, 4) is 5.75 Å². The number of nitrogens with zero attached hydrogens (tertiary/aromatic N) is 1. The molecule has 0 amide bonds. The van der Waals surface area contributed by atoms with Crippen LogP contribution in [0.15, 0.2) is 58.5 Å². The van der Waals surface area contributed by atoms with Crippen molar-refractivity contribution in [3.63, 3.8) is 0 Å². The van der Waals surface area contributed by atoms with Crippen LogP contribution in [0.3, 0.4) is 0 Å². The largest absolute Gasteiger partial charge is 0.573 e. The van der Waals surface area contributed by atoms with Gasteiger partial charge in [0.25, 0.3) is 0 Å². The Morgan fingerprint density at radius 1 is 1.39 bits per heavy atom. The molecule has 0 saturated heterocycles. The Morgan fingerprint density at radius 3 is 3.00 bits per heavy atom. The van der Waals surface area contributed by atoms with Crippen LogP contribution < -0.4 is 14.2 Å². The minimum absolute atomic E-state index is 0.217. The third kappa shape index (κ3) is 8.94. The van der Waals surface area contributed by atoms with Crippen molar-refractivity contribution in [1.29, 1.82) is 0 Å². The van der Waals surface area contributed by atoms with E-state index in [1.807, 2.05) is 18.2 Å². The first-order chi connectivity index (χ1) is 13.3.